The van der Waals surface area contributed by atoms with E-state index in [-0.39, 0.29) is 28.9 Å². The summed E-state index contributed by atoms with van der Waals surface area (Å²) < 4.78 is 20.4. The van der Waals surface area contributed by atoms with Crippen LogP contribution in [0.3, 0.4) is 0 Å². The molecule has 1 aromatic heterocycles. The normalized spacial score (nSPS) is 25.5. The van der Waals surface area contributed by atoms with Crippen molar-refractivity contribution in [3.63, 3.8) is 0 Å². The van der Waals surface area contributed by atoms with E-state index in [0.29, 0.717) is 25.5 Å². The van der Waals surface area contributed by atoms with Crippen molar-refractivity contribution in [2.45, 2.75) is 65.5 Å². The summed E-state index contributed by atoms with van der Waals surface area (Å²) in [5.74, 6) is 1.17. The fraction of sp³-hybridized carbons (Fsp3) is 0.842. The van der Waals surface area contributed by atoms with Crippen LogP contribution in [0.25, 0.3) is 0 Å². The van der Waals surface area contributed by atoms with Crippen molar-refractivity contribution >= 4 is 23.5 Å². The second-order valence-electron chi connectivity index (χ2n) is 9.08. The summed E-state index contributed by atoms with van der Waals surface area (Å²) in [7, 11) is 0. The predicted molar refractivity (Wildman–Crippen MR) is 107 cm³/mol. The van der Waals surface area contributed by atoms with Crippen molar-refractivity contribution in [3.05, 3.63) is 0 Å². The number of aromatic nitrogens is 2. The van der Waals surface area contributed by atoms with Crippen molar-refractivity contribution in [2.24, 2.45) is 11.3 Å². The van der Waals surface area contributed by atoms with Gasteiger partial charge in [0.25, 0.3) is 5.88 Å². The van der Waals surface area contributed by atoms with Crippen LogP contribution >= 0.6 is 11.7 Å². The molecule has 1 atom stereocenters. The lowest BCUT2D eigenvalue weighted by molar-refractivity contribution is -0.224. The Balaban J connectivity index is 1.67. The van der Waals surface area contributed by atoms with E-state index >= 15 is 0 Å². The van der Waals surface area contributed by atoms with Crippen molar-refractivity contribution in [1.29, 1.82) is 0 Å². The number of carbonyl (C=O) groups is 1. The molecule has 1 unspecified atom stereocenters. The van der Waals surface area contributed by atoms with Crippen LogP contribution in [0.5, 0.6) is 5.88 Å². The van der Waals surface area contributed by atoms with Gasteiger partial charge in [0.05, 0.1) is 24.3 Å². The fourth-order valence-corrected chi connectivity index (χ4v) is 4.41. The van der Waals surface area contributed by atoms with Crippen LogP contribution in [0.2, 0.25) is 0 Å². The third kappa shape index (κ3) is 4.41. The van der Waals surface area contributed by atoms with E-state index in [2.05, 4.69) is 27.5 Å². The number of hydrogen-bond donors (Lipinski definition) is 1. The summed E-state index contributed by atoms with van der Waals surface area (Å²) >= 11 is 1.15. The molecule has 1 N–H and O–H groups in total. The van der Waals surface area contributed by atoms with E-state index in [0.717, 1.165) is 43.5 Å². The van der Waals surface area contributed by atoms with Crippen LogP contribution in [-0.2, 0) is 9.53 Å². The topological polar surface area (TPSA) is 88.0 Å². The highest BCUT2D eigenvalue weighted by atomic mass is 32.1. The quantitative estimate of drug-likeness (QED) is 0.739. The Bertz CT molecular complexity index is 685. The van der Waals surface area contributed by atoms with Crippen LogP contribution in [0.1, 0.15) is 53.9 Å². The van der Waals surface area contributed by atoms with Crippen molar-refractivity contribution < 1.29 is 19.5 Å². The molecule has 0 radical (unpaired) electrons. The summed E-state index contributed by atoms with van der Waals surface area (Å²) in [6.45, 7) is 12.5. The maximum atomic E-state index is 12.0. The molecule has 28 heavy (non-hydrogen) atoms. The van der Waals surface area contributed by atoms with Gasteiger partial charge < -0.3 is 19.6 Å². The van der Waals surface area contributed by atoms with Crippen LogP contribution in [0, 0.1) is 11.3 Å². The number of hydroxylamine groups is 2. The third-order valence-electron chi connectivity index (χ3n) is 5.92. The molecular weight excluding hydrogens is 380 g/mol. The van der Waals surface area contributed by atoms with Gasteiger partial charge in [-0.2, -0.15) is 9.44 Å². The molecule has 2 aliphatic rings. The highest BCUT2D eigenvalue weighted by Crippen LogP contribution is 2.41. The van der Waals surface area contributed by atoms with Crippen LogP contribution in [-0.4, -0.2) is 62.9 Å². The molecular formula is C19H32N4O4S. The molecule has 0 aliphatic carbocycles. The van der Waals surface area contributed by atoms with Gasteiger partial charge in [0.1, 0.15) is 6.10 Å². The average molecular weight is 413 g/mol. The molecule has 1 aromatic rings. The molecule has 3 heterocycles. The molecule has 0 bridgehead atoms. The van der Waals surface area contributed by atoms with E-state index in [1.807, 2.05) is 20.8 Å². The van der Waals surface area contributed by atoms with E-state index in [1.165, 1.54) is 5.06 Å². The summed E-state index contributed by atoms with van der Waals surface area (Å²) in [5, 5.41) is 11.7. The molecule has 0 saturated carbocycles. The third-order valence-corrected chi connectivity index (χ3v) is 6.43. The predicted octanol–water partition coefficient (Wildman–Crippen LogP) is 2.96. The Labute approximate surface area is 171 Å². The van der Waals surface area contributed by atoms with E-state index in [1.54, 1.807) is 0 Å². The van der Waals surface area contributed by atoms with Gasteiger partial charge in [0.2, 0.25) is 5.82 Å². The number of hydrogen-bond acceptors (Lipinski definition) is 9. The van der Waals surface area contributed by atoms with E-state index in [4.69, 9.17) is 9.47 Å². The minimum Gasteiger partial charge on any atom is -0.470 e. The maximum absolute atomic E-state index is 12.0. The van der Waals surface area contributed by atoms with Crippen LogP contribution in [0.4, 0.5) is 5.82 Å². The van der Waals surface area contributed by atoms with Gasteiger partial charge in [-0.25, -0.2) is 0 Å². The smallest absolute Gasteiger partial charge is 0.309 e. The second kappa shape index (κ2) is 8.12. The summed E-state index contributed by atoms with van der Waals surface area (Å²) in [6, 6.07) is 0. The van der Waals surface area contributed by atoms with Crippen molar-refractivity contribution in [2.75, 3.05) is 31.1 Å². The monoisotopic (exact) mass is 412 g/mol. The number of rotatable bonds is 5. The molecule has 2 saturated heterocycles. The standard InChI is InChI=1S/C19H32N4O4S/c1-6-26-17(24)13-7-9-22(10-8-13)15-16(21-28-20-15)27-14-11-19(4,5)23(25)12-18(14,2)3/h13-14,25H,6-12H2,1-5H3. The molecule has 9 heteroatoms. The minimum absolute atomic E-state index is 0.0409. The Morgan fingerprint density at radius 3 is 2.57 bits per heavy atom. The zero-order valence-electron chi connectivity index (χ0n) is 17.5. The van der Waals surface area contributed by atoms with Gasteiger partial charge in [-0.1, -0.05) is 13.8 Å². The lowest BCUT2D eigenvalue weighted by atomic mass is 9.75. The lowest BCUT2D eigenvalue weighted by Gasteiger charge is -2.49. The highest BCUT2D eigenvalue weighted by Gasteiger charge is 2.46. The Kier molecular flexibility index (Phi) is 6.17. The van der Waals surface area contributed by atoms with Crippen molar-refractivity contribution in [1.82, 2.24) is 13.8 Å². The molecule has 158 valence electrons. The van der Waals surface area contributed by atoms with Crippen molar-refractivity contribution in [3.8, 4) is 5.88 Å². The van der Waals surface area contributed by atoms with E-state index < -0.39 is 0 Å². The number of piperidine rings is 2. The first-order chi connectivity index (χ1) is 13.1. The number of esters is 1. The molecule has 8 nitrogen and oxygen atoms in total. The van der Waals surface area contributed by atoms with Gasteiger partial charge in [-0.15, -0.1) is 4.37 Å². The first-order valence-corrected chi connectivity index (χ1v) is 10.7. The molecule has 0 spiro atoms. The second-order valence-corrected chi connectivity index (χ2v) is 9.60. The Hall–Kier alpha value is -1.45. The van der Waals surface area contributed by atoms with Crippen LogP contribution in [0.15, 0.2) is 0 Å². The lowest BCUT2D eigenvalue weighted by Crippen LogP contribution is -2.59. The summed E-state index contributed by atoms with van der Waals surface area (Å²) in [5.41, 5.74) is -0.580. The van der Waals surface area contributed by atoms with Gasteiger partial charge in [-0.3, -0.25) is 4.79 Å². The SMILES string of the molecule is CCOC(=O)C1CCN(c2nsnc2OC2CC(C)(C)N(O)CC2(C)C)CC1. The Morgan fingerprint density at radius 2 is 1.93 bits per heavy atom. The van der Waals surface area contributed by atoms with Gasteiger partial charge in [-0.05, 0) is 33.6 Å². The molecule has 2 aliphatic heterocycles. The number of nitrogens with zero attached hydrogens (tertiary/aromatic N) is 4. The first-order valence-electron chi connectivity index (χ1n) is 10.0. The first kappa shape index (κ1) is 21.3. The molecule has 0 aromatic carbocycles. The number of ether oxygens (including phenoxy) is 2. The zero-order chi connectivity index (χ0) is 20.5. The molecule has 2 fully saturated rings. The number of anilines is 1. The summed E-state index contributed by atoms with van der Waals surface area (Å²) in [4.78, 5) is 14.1. The summed E-state index contributed by atoms with van der Waals surface area (Å²) in [6.07, 6.45) is 2.11. The molecule has 0 amide bonds. The number of carbonyl (C=O) groups excluding carboxylic acids is 1. The van der Waals surface area contributed by atoms with Crippen LogP contribution < -0.4 is 9.64 Å². The zero-order valence-corrected chi connectivity index (χ0v) is 18.3. The van der Waals surface area contributed by atoms with Gasteiger partial charge in [0.15, 0.2) is 0 Å². The molecule has 3 rings (SSSR count). The maximum Gasteiger partial charge on any atom is 0.309 e. The minimum atomic E-state index is -0.359. The highest BCUT2D eigenvalue weighted by molar-refractivity contribution is 6.99. The van der Waals surface area contributed by atoms with E-state index in [9.17, 15) is 10.0 Å². The largest absolute Gasteiger partial charge is 0.470 e. The fourth-order valence-electron chi connectivity index (χ4n) is 3.90. The van der Waals surface area contributed by atoms with Gasteiger partial charge in [0, 0.05) is 37.0 Å². The average Bonchev–Trinajstić information content (AvgIpc) is 3.08. The van der Waals surface area contributed by atoms with Gasteiger partial charge >= 0.3 is 5.97 Å². The Morgan fingerprint density at radius 1 is 1.25 bits per heavy atom.